The van der Waals surface area contributed by atoms with E-state index in [1.54, 1.807) is 6.20 Å². The second kappa shape index (κ2) is 7.63. The molecule has 2 aromatic rings. The standard InChI is InChI=1S/C22H22N2/c1-18-10-9-15-23-22(19(18)2)24(16-20-11-5-3-6-12-20)17-21-13-7-4-8-14-21/h3-8,10-15H,16-17H2,1-2H3. The Hall–Kier alpha value is -2.83. The second-order valence-electron chi connectivity index (χ2n) is 6.03. The average molecular weight is 314 g/mol. The Bertz CT molecular complexity index is 766. The third kappa shape index (κ3) is 3.92. The Morgan fingerprint density at radius 3 is 1.92 bits per heavy atom. The zero-order chi connectivity index (χ0) is 16.8. The molecular formula is C22H22N2. The van der Waals surface area contributed by atoms with E-state index in [-0.39, 0.29) is 0 Å². The molecule has 0 aromatic heterocycles. The number of hydrogen-bond acceptors (Lipinski definition) is 2. The molecule has 1 heterocycles. The molecule has 24 heavy (non-hydrogen) atoms. The summed E-state index contributed by atoms with van der Waals surface area (Å²) in [5.74, 6) is 1.02. The van der Waals surface area contributed by atoms with Gasteiger partial charge in [0.2, 0.25) is 0 Å². The van der Waals surface area contributed by atoms with E-state index in [1.165, 1.54) is 22.3 Å². The van der Waals surface area contributed by atoms with Crippen LogP contribution in [0.4, 0.5) is 0 Å². The van der Waals surface area contributed by atoms with Crippen molar-refractivity contribution >= 4 is 5.84 Å². The van der Waals surface area contributed by atoms with Gasteiger partial charge in [-0.2, -0.15) is 0 Å². The summed E-state index contributed by atoms with van der Waals surface area (Å²) in [6, 6.07) is 21.1. The molecule has 0 N–H and O–H groups in total. The molecule has 2 heteroatoms. The molecule has 1 aliphatic heterocycles. The molecule has 0 fully saturated rings. The van der Waals surface area contributed by atoms with Gasteiger partial charge in [0.25, 0.3) is 0 Å². The molecule has 2 aromatic carbocycles. The molecule has 3 rings (SSSR count). The lowest BCUT2D eigenvalue weighted by molar-refractivity contribution is 0.406. The van der Waals surface area contributed by atoms with Crippen molar-refractivity contribution in [3.05, 3.63) is 101 Å². The zero-order valence-electron chi connectivity index (χ0n) is 14.2. The molecule has 0 saturated carbocycles. The maximum Gasteiger partial charge on any atom is 0.133 e. The average Bonchev–Trinajstić information content (AvgIpc) is 2.78. The molecule has 0 atom stereocenters. The second-order valence-corrected chi connectivity index (χ2v) is 6.03. The fourth-order valence-electron chi connectivity index (χ4n) is 2.77. The first-order valence-electron chi connectivity index (χ1n) is 8.23. The molecule has 0 bridgehead atoms. The monoisotopic (exact) mass is 314 g/mol. The summed E-state index contributed by atoms with van der Waals surface area (Å²) >= 11 is 0. The Labute approximate surface area is 144 Å². The van der Waals surface area contributed by atoms with E-state index in [2.05, 4.69) is 90.1 Å². The van der Waals surface area contributed by atoms with E-state index in [9.17, 15) is 0 Å². The largest absolute Gasteiger partial charge is 0.348 e. The smallest absolute Gasteiger partial charge is 0.133 e. The summed E-state index contributed by atoms with van der Waals surface area (Å²) in [6.07, 6.45) is 3.76. The highest BCUT2D eigenvalue weighted by Crippen LogP contribution is 2.18. The minimum Gasteiger partial charge on any atom is -0.348 e. The lowest BCUT2D eigenvalue weighted by atomic mass is 10.1. The number of benzene rings is 2. The molecule has 2 nitrogen and oxygen atoms in total. The Morgan fingerprint density at radius 2 is 1.38 bits per heavy atom. The normalized spacial score (nSPS) is 13.7. The third-order valence-electron chi connectivity index (χ3n) is 4.22. The highest BCUT2D eigenvalue weighted by Gasteiger charge is 2.16. The van der Waals surface area contributed by atoms with Crippen LogP contribution < -0.4 is 0 Å². The molecular weight excluding hydrogens is 292 g/mol. The quantitative estimate of drug-likeness (QED) is 0.716. The SMILES string of the molecule is CC1=C(C)C(N(Cc2ccccc2)Cc2ccccc2)=NC=C=C1. The van der Waals surface area contributed by atoms with E-state index in [4.69, 9.17) is 0 Å². The molecule has 0 amide bonds. The zero-order valence-corrected chi connectivity index (χ0v) is 14.2. The van der Waals surface area contributed by atoms with Crippen molar-refractivity contribution in [2.45, 2.75) is 26.9 Å². The van der Waals surface area contributed by atoms with Crippen molar-refractivity contribution in [3.63, 3.8) is 0 Å². The van der Waals surface area contributed by atoms with Crippen molar-refractivity contribution in [1.29, 1.82) is 0 Å². The maximum absolute atomic E-state index is 4.66. The summed E-state index contributed by atoms with van der Waals surface area (Å²) in [5, 5.41) is 0. The van der Waals surface area contributed by atoms with Gasteiger partial charge >= 0.3 is 0 Å². The van der Waals surface area contributed by atoms with Crippen molar-refractivity contribution in [1.82, 2.24) is 4.90 Å². The summed E-state index contributed by atoms with van der Waals surface area (Å²) < 4.78 is 0. The first-order valence-corrected chi connectivity index (χ1v) is 8.23. The van der Waals surface area contributed by atoms with Crippen LogP contribution in [0.25, 0.3) is 0 Å². The van der Waals surface area contributed by atoms with Gasteiger partial charge in [0.15, 0.2) is 0 Å². The van der Waals surface area contributed by atoms with Crippen LogP contribution in [0.3, 0.4) is 0 Å². The number of amidine groups is 1. The van der Waals surface area contributed by atoms with Crippen LogP contribution in [0.5, 0.6) is 0 Å². The van der Waals surface area contributed by atoms with Gasteiger partial charge in [-0.15, -0.1) is 5.73 Å². The van der Waals surface area contributed by atoms with E-state index >= 15 is 0 Å². The first kappa shape index (κ1) is 16.0. The fraction of sp³-hybridized carbons (Fsp3) is 0.182. The summed E-state index contributed by atoms with van der Waals surface area (Å²) in [5.41, 5.74) is 8.08. The summed E-state index contributed by atoms with van der Waals surface area (Å²) in [4.78, 5) is 7.00. The van der Waals surface area contributed by atoms with Crippen LogP contribution in [0.1, 0.15) is 25.0 Å². The minimum absolute atomic E-state index is 0.826. The van der Waals surface area contributed by atoms with Crippen LogP contribution in [0.15, 0.2) is 94.8 Å². The van der Waals surface area contributed by atoms with E-state index in [1.807, 2.05) is 6.08 Å². The molecule has 1 aliphatic rings. The van der Waals surface area contributed by atoms with Gasteiger partial charge in [0.1, 0.15) is 5.84 Å². The van der Waals surface area contributed by atoms with Crippen LogP contribution >= 0.6 is 0 Å². The van der Waals surface area contributed by atoms with Crippen molar-refractivity contribution in [2.24, 2.45) is 4.99 Å². The number of rotatable bonds is 4. The highest BCUT2D eigenvalue weighted by atomic mass is 15.2. The fourth-order valence-corrected chi connectivity index (χ4v) is 2.77. The number of aliphatic imine (C=N–C) groups is 1. The van der Waals surface area contributed by atoms with E-state index in [0.717, 1.165) is 18.9 Å². The Balaban J connectivity index is 1.94. The van der Waals surface area contributed by atoms with Crippen LogP contribution in [0.2, 0.25) is 0 Å². The third-order valence-corrected chi connectivity index (χ3v) is 4.22. The Morgan fingerprint density at radius 1 is 0.833 bits per heavy atom. The van der Waals surface area contributed by atoms with Crippen molar-refractivity contribution in [3.8, 4) is 0 Å². The van der Waals surface area contributed by atoms with E-state index < -0.39 is 0 Å². The van der Waals surface area contributed by atoms with Gasteiger partial charge in [-0.1, -0.05) is 60.7 Å². The lowest BCUT2D eigenvalue weighted by Crippen LogP contribution is -2.31. The molecule has 0 aliphatic carbocycles. The van der Waals surface area contributed by atoms with Gasteiger partial charge < -0.3 is 4.90 Å². The van der Waals surface area contributed by atoms with Gasteiger partial charge in [-0.3, -0.25) is 0 Å². The minimum atomic E-state index is 0.826. The van der Waals surface area contributed by atoms with Crippen molar-refractivity contribution in [2.75, 3.05) is 0 Å². The van der Waals surface area contributed by atoms with Gasteiger partial charge in [-0.05, 0) is 42.2 Å². The molecule has 0 spiro atoms. The lowest BCUT2D eigenvalue weighted by Gasteiger charge is -2.27. The molecule has 120 valence electrons. The summed E-state index contributed by atoms with van der Waals surface area (Å²) in [6.45, 7) is 5.90. The van der Waals surface area contributed by atoms with Crippen LogP contribution in [0, 0.1) is 0 Å². The van der Waals surface area contributed by atoms with Crippen molar-refractivity contribution < 1.29 is 0 Å². The predicted molar refractivity (Wildman–Crippen MR) is 101 cm³/mol. The summed E-state index contributed by atoms with van der Waals surface area (Å²) in [7, 11) is 0. The van der Waals surface area contributed by atoms with Crippen LogP contribution in [-0.4, -0.2) is 10.7 Å². The Kier molecular flexibility index (Phi) is 5.10. The molecule has 0 unspecified atom stereocenters. The highest BCUT2D eigenvalue weighted by molar-refractivity contribution is 5.99. The number of nitrogens with zero attached hydrogens (tertiary/aromatic N) is 2. The predicted octanol–water partition coefficient (Wildman–Crippen LogP) is 5.11. The van der Waals surface area contributed by atoms with E-state index in [0.29, 0.717) is 0 Å². The van der Waals surface area contributed by atoms with Crippen LogP contribution in [-0.2, 0) is 13.1 Å². The molecule has 0 radical (unpaired) electrons. The van der Waals surface area contributed by atoms with Gasteiger partial charge in [0.05, 0.1) is 6.20 Å². The maximum atomic E-state index is 4.66. The topological polar surface area (TPSA) is 15.6 Å². The molecule has 0 saturated heterocycles. The van der Waals surface area contributed by atoms with Gasteiger partial charge in [-0.25, -0.2) is 4.99 Å². The number of allylic oxidation sites excluding steroid dienone is 2. The first-order chi connectivity index (χ1) is 11.7. The number of hydrogen-bond donors (Lipinski definition) is 0. The van der Waals surface area contributed by atoms with Gasteiger partial charge in [0, 0.05) is 13.1 Å².